The summed E-state index contributed by atoms with van der Waals surface area (Å²) in [6.07, 6.45) is 3.17. The second-order valence-electron chi connectivity index (χ2n) is 7.50. The monoisotopic (exact) mass is 604 g/mol. The molecule has 1 aliphatic heterocycles. The first-order valence-electron chi connectivity index (χ1n) is 10.8. The van der Waals surface area contributed by atoms with Crippen molar-refractivity contribution in [2.24, 2.45) is 5.10 Å². The highest BCUT2D eigenvalue weighted by Crippen LogP contribution is 2.37. The van der Waals surface area contributed by atoms with Crippen molar-refractivity contribution in [3.05, 3.63) is 63.2 Å². The molecule has 1 aliphatic rings. The van der Waals surface area contributed by atoms with E-state index in [2.05, 4.69) is 47.4 Å². The van der Waals surface area contributed by atoms with Crippen LogP contribution < -0.4 is 14.9 Å². The van der Waals surface area contributed by atoms with E-state index in [1.165, 1.54) is 6.21 Å². The van der Waals surface area contributed by atoms with Gasteiger partial charge in [-0.2, -0.15) is 5.10 Å². The molecule has 0 spiro atoms. The van der Waals surface area contributed by atoms with Crippen molar-refractivity contribution in [3.63, 3.8) is 0 Å². The largest absolute Gasteiger partial charge is 0.484 e. The van der Waals surface area contributed by atoms with Crippen LogP contribution in [0.25, 0.3) is 10.9 Å². The van der Waals surface area contributed by atoms with Crippen LogP contribution in [0.5, 0.6) is 11.5 Å². The number of morpholine rings is 1. The van der Waals surface area contributed by atoms with Crippen LogP contribution in [-0.2, 0) is 14.3 Å². The lowest BCUT2D eigenvalue weighted by atomic mass is 10.2. The Morgan fingerprint density at radius 2 is 1.86 bits per heavy atom. The molecule has 4 rings (SSSR count). The van der Waals surface area contributed by atoms with Crippen molar-refractivity contribution in [1.29, 1.82) is 0 Å². The van der Waals surface area contributed by atoms with Crippen molar-refractivity contribution in [2.45, 2.75) is 0 Å². The molecule has 2 heterocycles. The van der Waals surface area contributed by atoms with Crippen LogP contribution in [0.4, 0.5) is 0 Å². The molecular weight excluding hydrogens is 584 g/mol. The van der Waals surface area contributed by atoms with Gasteiger partial charge in [0.2, 0.25) is 0 Å². The minimum absolute atomic E-state index is 0.0250. The maximum atomic E-state index is 12.2. The van der Waals surface area contributed by atoms with E-state index in [-0.39, 0.29) is 19.1 Å². The van der Waals surface area contributed by atoms with Gasteiger partial charge in [-0.15, -0.1) is 0 Å². The molecule has 3 aromatic rings. The lowest BCUT2D eigenvalue weighted by molar-refractivity contribution is -0.137. The SMILES string of the molecule is O=C(COc1c(Br)cc(Br)c2cccnc12)N/N=C/c1ccc(OCC(=O)N2CCOCC2)cc1. The van der Waals surface area contributed by atoms with E-state index in [0.717, 1.165) is 15.4 Å². The van der Waals surface area contributed by atoms with E-state index < -0.39 is 5.91 Å². The van der Waals surface area contributed by atoms with Crippen molar-refractivity contribution in [3.8, 4) is 11.5 Å². The Labute approximate surface area is 218 Å². The Kier molecular flexibility index (Phi) is 8.67. The number of nitrogens with zero attached hydrogens (tertiary/aromatic N) is 3. The molecule has 0 saturated carbocycles. The molecule has 9 nitrogen and oxygen atoms in total. The Morgan fingerprint density at radius 3 is 2.63 bits per heavy atom. The molecule has 0 aliphatic carbocycles. The molecule has 0 unspecified atom stereocenters. The van der Waals surface area contributed by atoms with Crippen LogP contribution in [-0.4, -0.2) is 67.4 Å². The van der Waals surface area contributed by atoms with Crippen LogP contribution >= 0.6 is 31.9 Å². The number of fused-ring (bicyclic) bond motifs is 1. The molecule has 0 atom stereocenters. The third kappa shape index (κ3) is 6.77. The highest BCUT2D eigenvalue weighted by Gasteiger charge is 2.17. The van der Waals surface area contributed by atoms with Crippen LogP contribution in [0, 0.1) is 0 Å². The van der Waals surface area contributed by atoms with E-state index in [0.29, 0.717) is 47.8 Å². The lowest BCUT2D eigenvalue weighted by Gasteiger charge is -2.26. The number of amides is 2. The van der Waals surface area contributed by atoms with Gasteiger partial charge < -0.3 is 19.1 Å². The van der Waals surface area contributed by atoms with E-state index in [9.17, 15) is 9.59 Å². The number of hydrazone groups is 1. The maximum absolute atomic E-state index is 12.2. The second kappa shape index (κ2) is 12.1. The molecule has 182 valence electrons. The summed E-state index contributed by atoms with van der Waals surface area (Å²) >= 11 is 6.96. The molecule has 35 heavy (non-hydrogen) atoms. The number of hydrogen-bond acceptors (Lipinski definition) is 7. The Bertz CT molecular complexity index is 1230. The zero-order chi connectivity index (χ0) is 24.6. The topological polar surface area (TPSA) is 102 Å². The molecule has 1 saturated heterocycles. The standard InChI is InChI=1S/C24H22Br2N4O5/c25-19-12-20(26)24(23-18(19)2-1-7-27-23)35-14-21(31)29-28-13-16-3-5-17(6-4-16)34-15-22(32)30-8-10-33-11-9-30/h1-7,12-13H,8-11,14-15H2,(H,29,31)/b28-13+. The average molecular weight is 606 g/mol. The van der Waals surface area contributed by atoms with Crippen LogP contribution in [0.2, 0.25) is 0 Å². The zero-order valence-electron chi connectivity index (χ0n) is 18.6. The summed E-state index contributed by atoms with van der Waals surface area (Å²) in [4.78, 5) is 30.4. The highest BCUT2D eigenvalue weighted by molar-refractivity contribution is 9.11. The first-order valence-corrected chi connectivity index (χ1v) is 12.4. The molecular formula is C24H22Br2N4O5. The minimum atomic E-state index is -0.415. The number of pyridine rings is 1. The first-order chi connectivity index (χ1) is 17.0. The molecule has 1 N–H and O–H groups in total. The van der Waals surface area contributed by atoms with Gasteiger partial charge in [0.05, 0.1) is 23.9 Å². The van der Waals surface area contributed by atoms with Crippen molar-refractivity contribution >= 4 is 60.8 Å². The Morgan fingerprint density at radius 1 is 1.09 bits per heavy atom. The van der Waals surface area contributed by atoms with E-state index in [4.69, 9.17) is 14.2 Å². The number of benzene rings is 2. The van der Waals surface area contributed by atoms with Gasteiger partial charge in [-0.05, 0) is 57.9 Å². The Balaban J connectivity index is 1.25. The van der Waals surface area contributed by atoms with Crippen molar-refractivity contribution < 1.29 is 23.8 Å². The van der Waals surface area contributed by atoms with Gasteiger partial charge in [0.15, 0.2) is 19.0 Å². The summed E-state index contributed by atoms with van der Waals surface area (Å²) in [5, 5.41) is 4.84. The smallest absolute Gasteiger partial charge is 0.277 e. The average Bonchev–Trinajstić information content (AvgIpc) is 2.88. The van der Waals surface area contributed by atoms with Gasteiger partial charge in [0.1, 0.15) is 11.3 Å². The van der Waals surface area contributed by atoms with Gasteiger partial charge in [-0.25, -0.2) is 5.43 Å². The predicted molar refractivity (Wildman–Crippen MR) is 138 cm³/mol. The number of carbonyl (C=O) groups excluding carboxylic acids is 2. The third-order valence-corrected chi connectivity index (χ3v) is 6.35. The van der Waals surface area contributed by atoms with Gasteiger partial charge in [0, 0.05) is 29.1 Å². The summed E-state index contributed by atoms with van der Waals surface area (Å²) in [6, 6.07) is 12.6. The number of rotatable bonds is 8. The van der Waals surface area contributed by atoms with E-state index in [1.54, 1.807) is 35.4 Å². The summed E-state index contributed by atoms with van der Waals surface area (Å²) in [7, 11) is 0. The highest BCUT2D eigenvalue weighted by atomic mass is 79.9. The van der Waals surface area contributed by atoms with E-state index in [1.807, 2.05) is 18.2 Å². The molecule has 2 amide bonds. The fraction of sp³-hybridized carbons (Fsp3) is 0.250. The number of ether oxygens (including phenoxy) is 3. The minimum Gasteiger partial charge on any atom is -0.484 e. The van der Waals surface area contributed by atoms with Crippen LogP contribution in [0.15, 0.2) is 62.7 Å². The lowest BCUT2D eigenvalue weighted by Crippen LogP contribution is -2.42. The first kappa shape index (κ1) is 25.1. The predicted octanol–water partition coefficient (Wildman–Crippen LogP) is 3.53. The normalized spacial score (nSPS) is 13.7. The Hall–Kier alpha value is -3.02. The second-order valence-corrected chi connectivity index (χ2v) is 9.21. The fourth-order valence-electron chi connectivity index (χ4n) is 3.33. The molecule has 1 fully saturated rings. The number of nitrogens with one attached hydrogen (secondary N) is 1. The van der Waals surface area contributed by atoms with Crippen molar-refractivity contribution in [1.82, 2.24) is 15.3 Å². The van der Waals surface area contributed by atoms with E-state index >= 15 is 0 Å². The van der Waals surface area contributed by atoms with Crippen LogP contribution in [0.1, 0.15) is 5.56 Å². The van der Waals surface area contributed by atoms with Gasteiger partial charge >= 0.3 is 0 Å². The number of carbonyl (C=O) groups is 2. The van der Waals surface area contributed by atoms with Gasteiger partial charge in [-0.3, -0.25) is 14.6 Å². The fourth-order valence-corrected chi connectivity index (χ4v) is 4.72. The number of aromatic nitrogens is 1. The molecule has 11 heteroatoms. The number of hydrogen-bond donors (Lipinski definition) is 1. The molecule has 2 aromatic carbocycles. The van der Waals surface area contributed by atoms with Crippen LogP contribution in [0.3, 0.4) is 0 Å². The summed E-state index contributed by atoms with van der Waals surface area (Å²) in [5.41, 5.74) is 3.83. The van der Waals surface area contributed by atoms with Gasteiger partial charge in [0.25, 0.3) is 11.8 Å². The molecule has 0 bridgehead atoms. The maximum Gasteiger partial charge on any atom is 0.277 e. The summed E-state index contributed by atoms with van der Waals surface area (Å²) in [6.45, 7) is 2.02. The molecule has 1 aromatic heterocycles. The summed E-state index contributed by atoms with van der Waals surface area (Å²) in [5.74, 6) is 0.567. The van der Waals surface area contributed by atoms with Gasteiger partial charge in [-0.1, -0.05) is 22.0 Å². The molecule has 0 radical (unpaired) electrons. The third-order valence-electron chi connectivity index (χ3n) is 5.11. The quantitative estimate of drug-likeness (QED) is 0.311. The van der Waals surface area contributed by atoms with Crippen molar-refractivity contribution in [2.75, 3.05) is 39.5 Å². The number of halogens is 2. The summed E-state index contributed by atoms with van der Waals surface area (Å²) < 4.78 is 18.1. The zero-order valence-corrected chi connectivity index (χ0v) is 21.7.